The Kier molecular flexibility index (Phi) is 3.23. The minimum absolute atomic E-state index is 0.516. The Balaban J connectivity index is 1.87. The molecule has 0 radical (unpaired) electrons. The lowest BCUT2D eigenvalue weighted by molar-refractivity contribution is 0.267. The van der Waals surface area contributed by atoms with Crippen molar-refractivity contribution in [2.24, 2.45) is 0 Å². The van der Waals surface area contributed by atoms with Crippen LogP contribution < -0.4 is 0 Å². The smallest absolute Gasteiger partial charge is 0.0392 e. The third-order valence-corrected chi connectivity index (χ3v) is 4.24. The summed E-state index contributed by atoms with van der Waals surface area (Å²) in [6.07, 6.45) is 1.08. The van der Waals surface area contributed by atoms with Gasteiger partial charge in [-0.25, -0.2) is 0 Å². The normalized spacial score (nSPS) is 18.9. The maximum absolute atomic E-state index is 3.49. The molecule has 2 aromatic rings. The van der Waals surface area contributed by atoms with Crippen molar-refractivity contribution in [1.29, 1.82) is 0 Å². The second-order valence-electron chi connectivity index (χ2n) is 4.96. The molecule has 0 aliphatic carbocycles. The van der Waals surface area contributed by atoms with Crippen molar-refractivity contribution in [2.45, 2.75) is 19.0 Å². The van der Waals surface area contributed by atoms with Gasteiger partial charge in [0.1, 0.15) is 0 Å². The number of likely N-dealkylation sites (N-methyl/N-ethyl adjacent to an activating group) is 1. The van der Waals surface area contributed by atoms with Crippen molar-refractivity contribution in [2.75, 3.05) is 7.05 Å². The Morgan fingerprint density at radius 1 is 1.11 bits per heavy atom. The number of fused-ring (bicyclic) bond motifs is 1. The summed E-state index contributed by atoms with van der Waals surface area (Å²) in [5.74, 6) is 0. The molecule has 0 saturated carbocycles. The van der Waals surface area contributed by atoms with Gasteiger partial charge in [0.25, 0.3) is 0 Å². The molecule has 1 atom stereocenters. The first-order chi connectivity index (χ1) is 8.74. The summed E-state index contributed by atoms with van der Waals surface area (Å²) >= 11 is 3.49. The quantitative estimate of drug-likeness (QED) is 0.804. The van der Waals surface area contributed by atoms with Gasteiger partial charge in [0, 0.05) is 17.1 Å². The Labute approximate surface area is 117 Å². The molecule has 1 aliphatic rings. The molecule has 0 aromatic heterocycles. The minimum atomic E-state index is 0.516. The van der Waals surface area contributed by atoms with Gasteiger partial charge in [0.15, 0.2) is 0 Å². The van der Waals surface area contributed by atoms with Gasteiger partial charge in [-0.1, -0.05) is 52.3 Å². The van der Waals surface area contributed by atoms with Crippen LogP contribution in [0.1, 0.15) is 22.7 Å². The fourth-order valence-corrected chi connectivity index (χ4v) is 2.99. The zero-order valence-electron chi connectivity index (χ0n) is 10.4. The largest absolute Gasteiger partial charge is 0.295 e. The summed E-state index contributed by atoms with van der Waals surface area (Å²) in [5.41, 5.74) is 4.36. The molecule has 1 nitrogen and oxygen atoms in total. The van der Waals surface area contributed by atoms with Crippen LogP contribution in [-0.2, 0) is 13.0 Å². The van der Waals surface area contributed by atoms with Crippen LogP contribution in [0.25, 0.3) is 0 Å². The van der Waals surface area contributed by atoms with E-state index in [-0.39, 0.29) is 0 Å². The molecule has 0 fully saturated rings. The Hall–Kier alpha value is -1.12. The van der Waals surface area contributed by atoms with E-state index in [2.05, 4.69) is 76.4 Å². The second-order valence-corrected chi connectivity index (χ2v) is 5.88. The van der Waals surface area contributed by atoms with E-state index >= 15 is 0 Å². The highest BCUT2D eigenvalue weighted by molar-refractivity contribution is 9.10. The zero-order chi connectivity index (χ0) is 12.5. The standard InChI is InChI=1S/C16H16BrN/c1-18-11-13-4-2-3-5-15(13)16(18)10-12-6-8-14(17)9-7-12/h2-9,16H,10-11H2,1H3. The van der Waals surface area contributed by atoms with Crippen LogP contribution in [0.2, 0.25) is 0 Å². The van der Waals surface area contributed by atoms with Gasteiger partial charge >= 0.3 is 0 Å². The Morgan fingerprint density at radius 2 is 1.83 bits per heavy atom. The SMILES string of the molecule is CN1Cc2ccccc2C1Cc1ccc(Br)cc1. The minimum Gasteiger partial charge on any atom is -0.295 e. The van der Waals surface area contributed by atoms with E-state index in [0.717, 1.165) is 17.4 Å². The van der Waals surface area contributed by atoms with Crippen LogP contribution in [0.3, 0.4) is 0 Å². The molecule has 0 N–H and O–H groups in total. The average molecular weight is 302 g/mol. The van der Waals surface area contributed by atoms with Gasteiger partial charge in [0.2, 0.25) is 0 Å². The summed E-state index contributed by atoms with van der Waals surface area (Å²) in [7, 11) is 2.21. The Bertz CT molecular complexity index is 547. The number of hydrogen-bond donors (Lipinski definition) is 0. The molecule has 2 heteroatoms. The van der Waals surface area contributed by atoms with Crippen LogP contribution in [-0.4, -0.2) is 11.9 Å². The lowest BCUT2D eigenvalue weighted by Crippen LogP contribution is -2.18. The predicted octanol–water partition coefficient (Wildman–Crippen LogP) is 4.18. The number of hydrogen-bond acceptors (Lipinski definition) is 1. The lowest BCUT2D eigenvalue weighted by atomic mass is 9.98. The van der Waals surface area contributed by atoms with Crippen molar-refractivity contribution in [3.63, 3.8) is 0 Å². The number of halogens is 1. The van der Waals surface area contributed by atoms with Gasteiger partial charge in [-0.2, -0.15) is 0 Å². The summed E-state index contributed by atoms with van der Waals surface area (Å²) in [6.45, 7) is 1.07. The summed E-state index contributed by atoms with van der Waals surface area (Å²) < 4.78 is 1.14. The van der Waals surface area contributed by atoms with Crippen molar-refractivity contribution in [1.82, 2.24) is 4.90 Å². The van der Waals surface area contributed by atoms with Crippen molar-refractivity contribution >= 4 is 15.9 Å². The zero-order valence-corrected chi connectivity index (χ0v) is 12.0. The molecule has 3 rings (SSSR count). The lowest BCUT2D eigenvalue weighted by Gasteiger charge is -2.20. The second kappa shape index (κ2) is 4.87. The van der Waals surface area contributed by atoms with Crippen molar-refractivity contribution in [3.8, 4) is 0 Å². The van der Waals surface area contributed by atoms with E-state index in [0.29, 0.717) is 6.04 Å². The Morgan fingerprint density at radius 3 is 2.61 bits per heavy atom. The van der Waals surface area contributed by atoms with Crippen molar-refractivity contribution < 1.29 is 0 Å². The van der Waals surface area contributed by atoms with Gasteiger partial charge in [-0.15, -0.1) is 0 Å². The highest BCUT2D eigenvalue weighted by Gasteiger charge is 2.26. The molecule has 0 bridgehead atoms. The van der Waals surface area contributed by atoms with Crippen LogP contribution in [0.5, 0.6) is 0 Å². The number of benzene rings is 2. The third-order valence-electron chi connectivity index (χ3n) is 3.71. The molecule has 92 valence electrons. The molecule has 0 amide bonds. The summed E-state index contributed by atoms with van der Waals surface area (Å²) in [5, 5.41) is 0. The van der Waals surface area contributed by atoms with Crippen LogP contribution >= 0.6 is 15.9 Å². The third kappa shape index (κ3) is 2.23. The van der Waals surface area contributed by atoms with Crippen molar-refractivity contribution in [3.05, 3.63) is 69.7 Å². The van der Waals surface area contributed by atoms with Gasteiger partial charge in [-0.05, 0) is 42.3 Å². The molecule has 2 aromatic carbocycles. The van der Waals surface area contributed by atoms with Crippen LogP contribution in [0, 0.1) is 0 Å². The molecular weight excluding hydrogens is 286 g/mol. The first-order valence-electron chi connectivity index (χ1n) is 6.26. The predicted molar refractivity (Wildman–Crippen MR) is 78.5 cm³/mol. The monoisotopic (exact) mass is 301 g/mol. The van der Waals surface area contributed by atoms with E-state index in [1.165, 1.54) is 16.7 Å². The molecule has 1 unspecified atom stereocenters. The topological polar surface area (TPSA) is 3.24 Å². The van der Waals surface area contributed by atoms with Crippen LogP contribution in [0.15, 0.2) is 53.0 Å². The van der Waals surface area contributed by atoms with Gasteiger partial charge < -0.3 is 0 Å². The summed E-state index contributed by atoms with van der Waals surface area (Å²) in [6, 6.07) is 18.0. The molecule has 18 heavy (non-hydrogen) atoms. The maximum Gasteiger partial charge on any atom is 0.0392 e. The van der Waals surface area contributed by atoms with Gasteiger partial charge in [-0.3, -0.25) is 4.90 Å². The average Bonchev–Trinajstić information content (AvgIpc) is 2.69. The van der Waals surface area contributed by atoms with E-state index in [9.17, 15) is 0 Å². The van der Waals surface area contributed by atoms with E-state index < -0.39 is 0 Å². The number of rotatable bonds is 2. The fraction of sp³-hybridized carbons (Fsp3) is 0.250. The van der Waals surface area contributed by atoms with E-state index in [4.69, 9.17) is 0 Å². The molecule has 1 aliphatic heterocycles. The highest BCUT2D eigenvalue weighted by Crippen LogP contribution is 2.34. The van der Waals surface area contributed by atoms with Gasteiger partial charge in [0.05, 0.1) is 0 Å². The first kappa shape index (κ1) is 11.9. The summed E-state index contributed by atoms with van der Waals surface area (Å²) in [4.78, 5) is 2.44. The molecule has 0 saturated heterocycles. The van der Waals surface area contributed by atoms with E-state index in [1.807, 2.05) is 0 Å². The molecule has 1 heterocycles. The number of nitrogens with zero attached hydrogens (tertiary/aromatic N) is 1. The maximum atomic E-state index is 3.49. The first-order valence-corrected chi connectivity index (χ1v) is 7.06. The molecular formula is C16H16BrN. The van der Waals surface area contributed by atoms with Crippen LogP contribution in [0.4, 0.5) is 0 Å². The fourth-order valence-electron chi connectivity index (χ4n) is 2.73. The molecule has 0 spiro atoms. The highest BCUT2D eigenvalue weighted by atomic mass is 79.9. The van der Waals surface area contributed by atoms with E-state index in [1.54, 1.807) is 0 Å².